The molecule has 0 bridgehead atoms. The molecule has 0 spiro atoms. The number of hydrogen-bond acceptors (Lipinski definition) is 4. The van der Waals surface area contributed by atoms with Crippen molar-refractivity contribution < 1.29 is 19.1 Å². The van der Waals surface area contributed by atoms with Crippen molar-refractivity contribution in [3.05, 3.63) is 28.3 Å². The summed E-state index contributed by atoms with van der Waals surface area (Å²) in [6.07, 6.45) is -0.585. The SMILES string of the molecule is CCOC(=O)Nc1ccc(Cl)c(C(=O)OC)c1C. The summed E-state index contributed by atoms with van der Waals surface area (Å²) in [6.45, 7) is 3.64. The number of rotatable bonds is 3. The minimum Gasteiger partial charge on any atom is -0.465 e. The van der Waals surface area contributed by atoms with E-state index < -0.39 is 12.1 Å². The molecule has 0 aliphatic heterocycles. The highest BCUT2D eigenvalue weighted by Crippen LogP contribution is 2.27. The van der Waals surface area contributed by atoms with Crippen LogP contribution in [-0.2, 0) is 9.47 Å². The number of hydrogen-bond donors (Lipinski definition) is 1. The van der Waals surface area contributed by atoms with Crippen LogP contribution in [0.2, 0.25) is 5.02 Å². The third kappa shape index (κ3) is 3.13. The fourth-order valence-electron chi connectivity index (χ4n) is 1.44. The number of halogens is 1. The highest BCUT2D eigenvalue weighted by molar-refractivity contribution is 6.34. The number of anilines is 1. The molecular weight excluding hydrogens is 258 g/mol. The van der Waals surface area contributed by atoms with Crippen LogP contribution < -0.4 is 5.32 Å². The Balaban J connectivity index is 3.09. The fourth-order valence-corrected chi connectivity index (χ4v) is 1.73. The Morgan fingerprint density at radius 3 is 2.61 bits per heavy atom. The van der Waals surface area contributed by atoms with Crippen molar-refractivity contribution in [3.63, 3.8) is 0 Å². The lowest BCUT2D eigenvalue weighted by atomic mass is 10.1. The molecule has 1 aromatic rings. The summed E-state index contributed by atoms with van der Waals surface area (Å²) in [4.78, 5) is 22.9. The van der Waals surface area contributed by atoms with Gasteiger partial charge in [-0.1, -0.05) is 11.6 Å². The maximum atomic E-state index is 11.6. The molecule has 0 saturated carbocycles. The molecule has 0 aliphatic rings. The van der Waals surface area contributed by atoms with E-state index in [1.165, 1.54) is 13.2 Å². The molecule has 0 atom stereocenters. The smallest absolute Gasteiger partial charge is 0.411 e. The zero-order valence-electron chi connectivity index (χ0n) is 10.4. The average molecular weight is 272 g/mol. The summed E-state index contributed by atoms with van der Waals surface area (Å²) in [5.74, 6) is -0.551. The molecule has 0 aliphatic carbocycles. The van der Waals surface area contributed by atoms with E-state index in [2.05, 4.69) is 10.1 Å². The Hall–Kier alpha value is -1.75. The van der Waals surface area contributed by atoms with Crippen molar-refractivity contribution in [2.75, 3.05) is 19.0 Å². The van der Waals surface area contributed by atoms with Gasteiger partial charge in [0.05, 0.1) is 24.3 Å². The minimum atomic E-state index is -0.585. The van der Waals surface area contributed by atoms with Crippen molar-refractivity contribution in [1.82, 2.24) is 0 Å². The Labute approximate surface area is 110 Å². The Morgan fingerprint density at radius 2 is 2.06 bits per heavy atom. The third-order valence-electron chi connectivity index (χ3n) is 2.32. The molecule has 0 unspecified atom stereocenters. The number of esters is 1. The highest BCUT2D eigenvalue weighted by atomic mass is 35.5. The van der Waals surface area contributed by atoms with E-state index in [1.807, 2.05) is 0 Å². The fraction of sp³-hybridized carbons (Fsp3) is 0.333. The monoisotopic (exact) mass is 271 g/mol. The van der Waals surface area contributed by atoms with Crippen molar-refractivity contribution in [3.8, 4) is 0 Å². The number of nitrogens with one attached hydrogen (secondary N) is 1. The van der Waals surface area contributed by atoms with Crippen LogP contribution >= 0.6 is 11.6 Å². The Bertz CT molecular complexity index is 473. The molecule has 1 rings (SSSR count). The predicted molar refractivity (Wildman–Crippen MR) is 68.2 cm³/mol. The van der Waals surface area contributed by atoms with Gasteiger partial charge in [-0.15, -0.1) is 0 Å². The van der Waals surface area contributed by atoms with Crippen LogP contribution in [0, 0.1) is 6.92 Å². The van der Waals surface area contributed by atoms with Crippen LogP contribution in [0.3, 0.4) is 0 Å². The third-order valence-corrected chi connectivity index (χ3v) is 2.63. The first-order valence-corrected chi connectivity index (χ1v) is 5.70. The molecule has 98 valence electrons. The predicted octanol–water partition coefficient (Wildman–Crippen LogP) is 3.00. The number of carbonyl (C=O) groups is 2. The average Bonchev–Trinajstić information content (AvgIpc) is 2.33. The largest absolute Gasteiger partial charge is 0.465 e. The molecule has 0 aromatic heterocycles. The zero-order valence-corrected chi connectivity index (χ0v) is 11.1. The van der Waals surface area contributed by atoms with Gasteiger partial charge < -0.3 is 9.47 Å². The van der Waals surface area contributed by atoms with Crippen molar-refractivity contribution in [2.24, 2.45) is 0 Å². The second-order valence-electron chi connectivity index (χ2n) is 3.43. The van der Waals surface area contributed by atoms with Crippen LogP contribution in [0.25, 0.3) is 0 Å². The highest BCUT2D eigenvalue weighted by Gasteiger charge is 2.17. The van der Waals surface area contributed by atoms with Gasteiger partial charge in [-0.3, -0.25) is 5.32 Å². The summed E-state index contributed by atoms with van der Waals surface area (Å²) in [5.41, 5.74) is 1.22. The summed E-state index contributed by atoms with van der Waals surface area (Å²) in [5, 5.41) is 2.80. The van der Waals surface area contributed by atoms with Gasteiger partial charge in [0.15, 0.2) is 0 Å². The van der Waals surface area contributed by atoms with Crippen LogP contribution in [0.5, 0.6) is 0 Å². The number of ether oxygens (including phenoxy) is 2. The lowest BCUT2D eigenvalue weighted by Crippen LogP contribution is -2.15. The van der Waals surface area contributed by atoms with Gasteiger partial charge in [0.2, 0.25) is 0 Å². The van der Waals surface area contributed by atoms with Crippen molar-refractivity contribution in [2.45, 2.75) is 13.8 Å². The van der Waals surface area contributed by atoms with Gasteiger partial charge >= 0.3 is 12.1 Å². The van der Waals surface area contributed by atoms with Crippen LogP contribution in [0.15, 0.2) is 12.1 Å². The lowest BCUT2D eigenvalue weighted by molar-refractivity contribution is 0.0600. The quantitative estimate of drug-likeness (QED) is 0.859. The molecule has 1 aromatic carbocycles. The summed E-state index contributed by atoms with van der Waals surface area (Å²) in [6, 6.07) is 3.11. The van der Waals surface area contributed by atoms with E-state index >= 15 is 0 Å². The molecule has 0 saturated heterocycles. The van der Waals surface area contributed by atoms with E-state index in [-0.39, 0.29) is 17.2 Å². The summed E-state index contributed by atoms with van der Waals surface area (Å²) in [7, 11) is 1.27. The second kappa shape index (κ2) is 6.26. The van der Waals surface area contributed by atoms with Gasteiger partial charge in [0.1, 0.15) is 0 Å². The summed E-state index contributed by atoms with van der Waals surface area (Å²) >= 11 is 5.93. The standard InChI is InChI=1S/C12H14ClNO4/c1-4-18-12(16)14-9-6-5-8(13)10(7(9)2)11(15)17-3/h5-6H,4H2,1-3H3,(H,14,16). The van der Waals surface area contributed by atoms with Crippen LogP contribution in [0.4, 0.5) is 10.5 Å². The second-order valence-corrected chi connectivity index (χ2v) is 3.84. The first-order chi connectivity index (χ1) is 8.51. The van der Waals surface area contributed by atoms with Gasteiger partial charge in [-0.25, -0.2) is 9.59 Å². The molecule has 5 nitrogen and oxygen atoms in total. The van der Waals surface area contributed by atoms with Crippen molar-refractivity contribution in [1.29, 1.82) is 0 Å². The van der Waals surface area contributed by atoms with E-state index in [1.54, 1.807) is 19.9 Å². The van der Waals surface area contributed by atoms with Crippen LogP contribution in [-0.4, -0.2) is 25.8 Å². The van der Waals surface area contributed by atoms with Gasteiger partial charge in [-0.2, -0.15) is 0 Å². The number of amides is 1. The van der Waals surface area contributed by atoms with Crippen molar-refractivity contribution >= 4 is 29.4 Å². The molecule has 18 heavy (non-hydrogen) atoms. The Morgan fingerprint density at radius 1 is 1.39 bits per heavy atom. The lowest BCUT2D eigenvalue weighted by Gasteiger charge is -2.12. The Kier molecular flexibility index (Phi) is 4.97. The number of carbonyl (C=O) groups excluding carboxylic acids is 2. The van der Waals surface area contributed by atoms with E-state index in [0.29, 0.717) is 11.3 Å². The van der Waals surface area contributed by atoms with E-state index in [4.69, 9.17) is 16.3 Å². The maximum absolute atomic E-state index is 11.6. The zero-order chi connectivity index (χ0) is 13.7. The molecule has 1 amide bonds. The molecule has 0 fully saturated rings. The normalized spacial score (nSPS) is 9.78. The molecule has 0 heterocycles. The number of methoxy groups -OCH3 is 1. The number of benzene rings is 1. The van der Waals surface area contributed by atoms with Gasteiger partial charge in [0, 0.05) is 5.69 Å². The maximum Gasteiger partial charge on any atom is 0.411 e. The minimum absolute atomic E-state index is 0.230. The van der Waals surface area contributed by atoms with Gasteiger partial charge in [0.25, 0.3) is 0 Å². The first kappa shape index (κ1) is 14.3. The summed E-state index contributed by atoms with van der Waals surface area (Å²) < 4.78 is 9.40. The molecular formula is C12H14ClNO4. The van der Waals surface area contributed by atoms with Crippen LogP contribution in [0.1, 0.15) is 22.8 Å². The molecule has 0 radical (unpaired) electrons. The topological polar surface area (TPSA) is 64.6 Å². The van der Waals surface area contributed by atoms with Gasteiger partial charge in [-0.05, 0) is 31.5 Å². The molecule has 1 N–H and O–H groups in total. The van der Waals surface area contributed by atoms with E-state index in [9.17, 15) is 9.59 Å². The first-order valence-electron chi connectivity index (χ1n) is 5.32. The molecule has 6 heteroatoms. The van der Waals surface area contributed by atoms with E-state index in [0.717, 1.165) is 0 Å².